The molecule has 1 amide bonds. The quantitative estimate of drug-likeness (QED) is 0.641. The maximum Gasteiger partial charge on any atom is 0.232 e. The van der Waals surface area contributed by atoms with E-state index in [1.54, 1.807) is 4.90 Å². The van der Waals surface area contributed by atoms with Crippen molar-refractivity contribution < 1.29 is 4.79 Å². The van der Waals surface area contributed by atoms with Gasteiger partial charge in [-0.05, 0) is 5.92 Å². The van der Waals surface area contributed by atoms with Crippen molar-refractivity contribution in [3.8, 4) is 0 Å². The topological polar surface area (TPSA) is 20.3 Å². The monoisotopic (exact) mass is 175 g/mol. The minimum absolute atomic E-state index is 0.105. The maximum atomic E-state index is 11.0. The summed E-state index contributed by atoms with van der Waals surface area (Å²) in [7, 11) is 1.82. The Morgan fingerprint density at radius 3 is 2.55 bits per heavy atom. The average molecular weight is 175 g/mol. The van der Waals surface area contributed by atoms with Gasteiger partial charge < -0.3 is 4.90 Å². The third-order valence-corrected chi connectivity index (χ3v) is 2.11. The Hall–Kier alpha value is -0.180. The van der Waals surface area contributed by atoms with Crippen LogP contribution >= 0.6 is 12.6 Å². The Labute approximate surface area is 74.4 Å². The van der Waals surface area contributed by atoms with Gasteiger partial charge in [0, 0.05) is 13.6 Å². The molecule has 0 aromatic heterocycles. The number of nitrogens with zero attached hydrogens (tertiary/aromatic N) is 1. The first-order valence-corrected chi connectivity index (χ1v) is 4.59. The second kappa shape index (κ2) is 5.47. The largest absolute Gasteiger partial charge is 0.345 e. The Balaban J connectivity index is 3.67. The van der Waals surface area contributed by atoms with Crippen molar-refractivity contribution >= 4 is 18.5 Å². The van der Waals surface area contributed by atoms with Gasteiger partial charge in [-0.1, -0.05) is 20.3 Å². The normalized spacial score (nSPS) is 12.7. The highest BCUT2D eigenvalue weighted by Gasteiger charge is 2.08. The first-order chi connectivity index (χ1) is 5.11. The summed E-state index contributed by atoms with van der Waals surface area (Å²) >= 11 is 3.92. The standard InChI is InChI=1S/C8H17NOS/c1-4-7(2)5-9(3)8(10)6-11/h7,11H,4-6H2,1-3H3. The molecule has 0 aromatic rings. The molecule has 0 aliphatic carbocycles. The van der Waals surface area contributed by atoms with Crippen LogP contribution in [0.3, 0.4) is 0 Å². The van der Waals surface area contributed by atoms with E-state index in [4.69, 9.17) is 0 Å². The molecular weight excluding hydrogens is 158 g/mol. The van der Waals surface area contributed by atoms with Gasteiger partial charge in [0.05, 0.1) is 5.75 Å². The van der Waals surface area contributed by atoms with Crippen LogP contribution in [0.25, 0.3) is 0 Å². The number of hydrogen-bond donors (Lipinski definition) is 1. The summed E-state index contributed by atoms with van der Waals surface area (Å²) in [5.74, 6) is 1.00. The van der Waals surface area contributed by atoms with Gasteiger partial charge in [0.25, 0.3) is 0 Å². The molecule has 0 aliphatic rings. The van der Waals surface area contributed by atoms with Gasteiger partial charge in [0.1, 0.15) is 0 Å². The number of amides is 1. The van der Waals surface area contributed by atoms with E-state index in [9.17, 15) is 4.79 Å². The van der Waals surface area contributed by atoms with Gasteiger partial charge in [0.2, 0.25) is 5.91 Å². The lowest BCUT2D eigenvalue weighted by Crippen LogP contribution is -2.31. The predicted octanol–water partition coefficient (Wildman–Crippen LogP) is 1.42. The molecule has 0 spiro atoms. The van der Waals surface area contributed by atoms with E-state index in [-0.39, 0.29) is 5.91 Å². The molecule has 3 heteroatoms. The fourth-order valence-corrected chi connectivity index (χ4v) is 1.06. The van der Waals surface area contributed by atoms with Crippen LogP contribution < -0.4 is 0 Å². The summed E-state index contributed by atoms with van der Waals surface area (Å²) in [5.41, 5.74) is 0. The van der Waals surface area contributed by atoms with Gasteiger partial charge in [-0.15, -0.1) is 0 Å². The van der Waals surface area contributed by atoms with E-state index < -0.39 is 0 Å². The zero-order valence-corrected chi connectivity index (χ0v) is 8.40. The van der Waals surface area contributed by atoms with Gasteiger partial charge in [-0.2, -0.15) is 12.6 Å². The van der Waals surface area contributed by atoms with Crippen molar-refractivity contribution in [1.82, 2.24) is 4.90 Å². The molecule has 66 valence electrons. The molecule has 0 saturated carbocycles. The minimum atomic E-state index is 0.105. The van der Waals surface area contributed by atoms with Crippen LogP contribution in [-0.2, 0) is 4.79 Å². The number of hydrogen-bond acceptors (Lipinski definition) is 2. The van der Waals surface area contributed by atoms with E-state index in [2.05, 4.69) is 26.5 Å². The second-order valence-corrected chi connectivity index (χ2v) is 3.26. The number of thiol groups is 1. The Morgan fingerprint density at radius 1 is 1.64 bits per heavy atom. The van der Waals surface area contributed by atoms with E-state index in [0.29, 0.717) is 11.7 Å². The molecule has 0 heterocycles. The van der Waals surface area contributed by atoms with E-state index in [1.807, 2.05) is 7.05 Å². The molecule has 2 nitrogen and oxygen atoms in total. The molecule has 1 unspecified atom stereocenters. The molecule has 0 aliphatic heterocycles. The molecule has 1 atom stereocenters. The van der Waals surface area contributed by atoms with Crippen LogP contribution in [0.15, 0.2) is 0 Å². The fraction of sp³-hybridized carbons (Fsp3) is 0.875. The third-order valence-electron chi connectivity index (χ3n) is 1.84. The zero-order valence-electron chi connectivity index (χ0n) is 7.50. The van der Waals surface area contributed by atoms with E-state index >= 15 is 0 Å². The Bertz CT molecular complexity index is 127. The van der Waals surface area contributed by atoms with Crippen LogP contribution in [0.2, 0.25) is 0 Å². The molecule has 0 bridgehead atoms. The van der Waals surface area contributed by atoms with Crippen LogP contribution in [-0.4, -0.2) is 30.2 Å². The lowest BCUT2D eigenvalue weighted by molar-refractivity contribution is -0.127. The first-order valence-electron chi connectivity index (χ1n) is 3.96. The van der Waals surface area contributed by atoms with Crippen molar-refractivity contribution in [1.29, 1.82) is 0 Å². The third kappa shape index (κ3) is 4.30. The molecule has 0 saturated heterocycles. The van der Waals surface area contributed by atoms with Gasteiger partial charge in [-0.25, -0.2) is 0 Å². The molecule has 0 fully saturated rings. The number of carbonyl (C=O) groups is 1. The van der Waals surface area contributed by atoms with Crippen molar-refractivity contribution in [2.75, 3.05) is 19.3 Å². The zero-order chi connectivity index (χ0) is 8.85. The summed E-state index contributed by atoms with van der Waals surface area (Å²) in [5, 5.41) is 0. The second-order valence-electron chi connectivity index (χ2n) is 2.95. The van der Waals surface area contributed by atoms with Gasteiger partial charge >= 0.3 is 0 Å². The SMILES string of the molecule is CCC(C)CN(C)C(=O)CS. The van der Waals surface area contributed by atoms with Crippen molar-refractivity contribution in [3.05, 3.63) is 0 Å². The molecule has 0 aromatic carbocycles. The lowest BCUT2D eigenvalue weighted by atomic mass is 10.1. The predicted molar refractivity (Wildman–Crippen MR) is 50.9 cm³/mol. The van der Waals surface area contributed by atoms with Crippen LogP contribution in [0.4, 0.5) is 0 Å². The summed E-state index contributed by atoms with van der Waals surface area (Å²) in [6.45, 7) is 5.11. The molecule has 0 N–H and O–H groups in total. The fourth-order valence-electron chi connectivity index (χ4n) is 0.819. The highest BCUT2D eigenvalue weighted by Crippen LogP contribution is 2.02. The summed E-state index contributed by atoms with van der Waals surface area (Å²) in [6.07, 6.45) is 1.12. The van der Waals surface area contributed by atoms with Gasteiger partial charge in [-0.3, -0.25) is 4.79 Å². The highest BCUT2D eigenvalue weighted by atomic mass is 32.1. The molecule has 11 heavy (non-hydrogen) atoms. The van der Waals surface area contributed by atoms with Crippen LogP contribution in [0.5, 0.6) is 0 Å². The van der Waals surface area contributed by atoms with Crippen LogP contribution in [0, 0.1) is 5.92 Å². The summed E-state index contributed by atoms with van der Waals surface area (Å²) in [4.78, 5) is 12.8. The van der Waals surface area contributed by atoms with Gasteiger partial charge in [0.15, 0.2) is 0 Å². The smallest absolute Gasteiger partial charge is 0.232 e. The van der Waals surface area contributed by atoms with E-state index in [1.165, 1.54) is 0 Å². The summed E-state index contributed by atoms with van der Waals surface area (Å²) in [6, 6.07) is 0. The Morgan fingerprint density at radius 2 is 2.18 bits per heavy atom. The number of rotatable bonds is 4. The van der Waals surface area contributed by atoms with E-state index in [0.717, 1.165) is 13.0 Å². The van der Waals surface area contributed by atoms with Crippen molar-refractivity contribution in [2.45, 2.75) is 20.3 Å². The first kappa shape index (κ1) is 10.8. The van der Waals surface area contributed by atoms with Crippen molar-refractivity contribution in [2.24, 2.45) is 5.92 Å². The molecule has 0 rings (SSSR count). The molecular formula is C8H17NOS. The lowest BCUT2D eigenvalue weighted by Gasteiger charge is -2.19. The average Bonchev–Trinajstić information content (AvgIpc) is 2.02. The Kier molecular flexibility index (Phi) is 5.38. The molecule has 0 radical (unpaired) electrons. The minimum Gasteiger partial charge on any atom is -0.345 e. The summed E-state index contributed by atoms with van der Waals surface area (Å²) < 4.78 is 0. The highest BCUT2D eigenvalue weighted by molar-refractivity contribution is 7.81. The maximum absolute atomic E-state index is 11.0. The van der Waals surface area contributed by atoms with Crippen molar-refractivity contribution in [3.63, 3.8) is 0 Å². The number of carbonyl (C=O) groups excluding carboxylic acids is 1. The van der Waals surface area contributed by atoms with Crippen LogP contribution in [0.1, 0.15) is 20.3 Å².